The van der Waals surface area contributed by atoms with Crippen LogP contribution in [0.2, 0.25) is 0 Å². The Labute approximate surface area is 219 Å². The number of carbonyl (C=O) groups excluding carboxylic acids is 2. The van der Waals surface area contributed by atoms with Crippen molar-refractivity contribution in [3.63, 3.8) is 0 Å². The molecule has 1 saturated carbocycles. The van der Waals surface area contributed by atoms with E-state index in [2.05, 4.69) is 6.92 Å². The summed E-state index contributed by atoms with van der Waals surface area (Å²) in [5.74, 6) is 0.972. The molecule has 0 aliphatic heterocycles. The van der Waals surface area contributed by atoms with Crippen molar-refractivity contribution >= 4 is 11.9 Å². The smallest absolute Gasteiger partial charge is 0.343 e. The molecule has 0 atom stereocenters. The number of carbonyl (C=O) groups is 2. The standard InChI is InChI=1S/C32H36O5/c1-2-3-4-5-6-7-22-35-29-18-14-26(15-19-29)25-10-12-28(13-11-25)32(34)37-30-20-16-27(17-21-30)31(33)36-23-24-8-9-24/h10-21,24H,2-9,22-23H2,1H3. The average Bonchev–Trinajstić information content (AvgIpc) is 3.77. The monoisotopic (exact) mass is 500 g/mol. The lowest BCUT2D eigenvalue weighted by atomic mass is 10.0. The zero-order chi connectivity index (χ0) is 25.9. The third kappa shape index (κ3) is 8.49. The number of unbranched alkanes of at least 4 members (excludes halogenated alkanes) is 5. The summed E-state index contributed by atoms with van der Waals surface area (Å²) in [5, 5.41) is 0. The zero-order valence-electron chi connectivity index (χ0n) is 21.6. The van der Waals surface area contributed by atoms with Crippen LogP contribution in [0.15, 0.2) is 72.8 Å². The Morgan fingerprint density at radius 2 is 1.22 bits per heavy atom. The second-order valence-electron chi connectivity index (χ2n) is 9.67. The highest BCUT2D eigenvalue weighted by Crippen LogP contribution is 2.29. The van der Waals surface area contributed by atoms with Gasteiger partial charge < -0.3 is 14.2 Å². The Balaban J connectivity index is 1.23. The molecule has 3 aromatic rings. The van der Waals surface area contributed by atoms with Gasteiger partial charge in [-0.1, -0.05) is 63.3 Å². The third-order valence-electron chi connectivity index (χ3n) is 6.52. The van der Waals surface area contributed by atoms with Gasteiger partial charge in [-0.15, -0.1) is 0 Å². The minimum atomic E-state index is -0.450. The number of ether oxygens (including phenoxy) is 3. The number of benzene rings is 3. The summed E-state index contributed by atoms with van der Waals surface area (Å²) in [6.07, 6.45) is 9.74. The van der Waals surface area contributed by atoms with Crippen molar-refractivity contribution in [1.82, 2.24) is 0 Å². The number of rotatable bonds is 14. The zero-order valence-corrected chi connectivity index (χ0v) is 21.6. The lowest BCUT2D eigenvalue weighted by Crippen LogP contribution is -2.09. The molecule has 1 fully saturated rings. The molecule has 37 heavy (non-hydrogen) atoms. The van der Waals surface area contributed by atoms with Crippen LogP contribution in [0.25, 0.3) is 11.1 Å². The maximum absolute atomic E-state index is 12.6. The second kappa shape index (κ2) is 13.6. The van der Waals surface area contributed by atoms with E-state index in [1.165, 1.54) is 32.1 Å². The number of hydrogen-bond donors (Lipinski definition) is 0. The Morgan fingerprint density at radius 1 is 0.676 bits per heavy atom. The van der Waals surface area contributed by atoms with E-state index in [-0.39, 0.29) is 5.97 Å². The molecule has 1 aliphatic rings. The molecule has 194 valence electrons. The summed E-state index contributed by atoms with van der Waals surface area (Å²) < 4.78 is 16.6. The van der Waals surface area contributed by atoms with Crippen LogP contribution in [-0.2, 0) is 4.74 Å². The van der Waals surface area contributed by atoms with Gasteiger partial charge in [0.15, 0.2) is 0 Å². The van der Waals surface area contributed by atoms with Crippen molar-refractivity contribution in [2.24, 2.45) is 5.92 Å². The van der Waals surface area contributed by atoms with Crippen LogP contribution in [0.1, 0.15) is 79.0 Å². The molecule has 5 heteroatoms. The van der Waals surface area contributed by atoms with Crippen LogP contribution in [0, 0.1) is 5.92 Å². The second-order valence-corrected chi connectivity index (χ2v) is 9.67. The van der Waals surface area contributed by atoms with Crippen molar-refractivity contribution in [3.8, 4) is 22.6 Å². The summed E-state index contributed by atoms with van der Waals surface area (Å²) in [4.78, 5) is 24.6. The minimum Gasteiger partial charge on any atom is -0.494 e. The molecule has 0 radical (unpaired) electrons. The quantitative estimate of drug-likeness (QED) is 0.128. The molecule has 0 bridgehead atoms. The topological polar surface area (TPSA) is 61.8 Å². The van der Waals surface area contributed by atoms with Crippen molar-refractivity contribution in [3.05, 3.63) is 83.9 Å². The Morgan fingerprint density at radius 3 is 1.86 bits per heavy atom. The van der Waals surface area contributed by atoms with Crippen molar-refractivity contribution < 1.29 is 23.8 Å². The summed E-state index contributed by atoms with van der Waals surface area (Å²) in [6, 6.07) is 21.8. The molecule has 0 N–H and O–H groups in total. The van der Waals surface area contributed by atoms with Crippen LogP contribution in [0.3, 0.4) is 0 Å². The molecule has 4 rings (SSSR count). The third-order valence-corrected chi connectivity index (χ3v) is 6.52. The predicted molar refractivity (Wildman–Crippen MR) is 145 cm³/mol. The van der Waals surface area contributed by atoms with E-state index >= 15 is 0 Å². The Hall–Kier alpha value is -3.60. The first-order valence-electron chi connectivity index (χ1n) is 13.4. The van der Waals surface area contributed by atoms with E-state index in [1.54, 1.807) is 36.4 Å². The van der Waals surface area contributed by atoms with Gasteiger partial charge in [-0.3, -0.25) is 0 Å². The highest BCUT2D eigenvalue weighted by molar-refractivity contribution is 5.92. The Bertz CT molecular complexity index is 1130. The van der Waals surface area contributed by atoms with Crippen molar-refractivity contribution in [2.75, 3.05) is 13.2 Å². The molecular formula is C32H36O5. The van der Waals surface area contributed by atoms with E-state index in [0.29, 0.717) is 29.4 Å². The SMILES string of the molecule is CCCCCCCCOc1ccc(-c2ccc(C(=O)Oc3ccc(C(=O)OCC4CC4)cc3)cc2)cc1. The normalized spacial score (nSPS) is 12.7. The lowest BCUT2D eigenvalue weighted by molar-refractivity contribution is 0.0486. The summed E-state index contributed by atoms with van der Waals surface area (Å²) in [5.41, 5.74) is 2.96. The van der Waals surface area contributed by atoms with Crippen LogP contribution < -0.4 is 9.47 Å². The fourth-order valence-electron chi connectivity index (χ4n) is 4.00. The molecule has 0 heterocycles. The summed E-state index contributed by atoms with van der Waals surface area (Å²) in [7, 11) is 0. The van der Waals surface area contributed by atoms with Gasteiger partial charge in [-0.2, -0.15) is 0 Å². The fraction of sp³-hybridized carbons (Fsp3) is 0.375. The molecular weight excluding hydrogens is 464 g/mol. The molecule has 0 amide bonds. The summed E-state index contributed by atoms with van der Waals surface area (Å²) >= 11 is 0. The molecule has 1 aliphatic carbocycles. The maximum atomic E-state index is 12.6. The van der Waals surface area contributed by atoms with E-state index in [9.17, 15) is 9.59 Å². The molecule has 5 nitrogen and oxygen atoms in total. The first kappa shape index (κ1) is 26.5. The molecule has 3 aromatic carbocycles. The van der Waals surface area contributed by atoms with Gasteiger partial charge in [0.05, 0.1) is 24.3 Å². The minimum absolute atomic E-state index is 0.349. The highest BCUT2D eigenvalue weighted by atomic mass is 16.5. The van der Waals surface area contributed by atoms with Crippen LogP contribution in [0.5, 0.6) is 11.5 Å². The Kier molecular flexibility index (Phi) is 9.75. The van der Waals surface area contributed by atoms with E-state index in [4.69, 9.17) is 14.2 Å². The highest BCUT2D eigenvalue weighted by Gasteiger charge is 2.23. The predicted octanol–water partition coefficient (Wildman–Crippen LogP) is 7.88. The van der Waals surface area contributed by atoms with Gasteiger partial charge in [-0.25, -0.2) is 9.59 Å². The average molecular weight is 501 g/mol. The molecule has 0 unspecified atom stereocenters. The molecule has 0 aromatic heterocycles. The van der Waals surface area contributed by atoms with Crippen LogP contribution in [0.4, 0.5) is 0 Å². The van der Waals surface area contributed by atoms with Crippen LogP contribution in [-0.4, -0.2) is 25.2 Å². The number of hydrogen-bond acceptors (Lipinski definition) is 5. The van der Waals surface area contributed by atoms with Gasteiger partial charge in [-0.05, 0) is 84.8 Å². The van der Waals surface area contributed by atoms with Gasteiger partial charge in [0.2, 0.25) is 0 Å². The van der Waals surface area contributed by atoms with Crippen LogP contribution >= 0.6 is 0 Å². The van der Waals surface area contributed by atoms with Crippen molar-refractivity contribution in [2.45, 2.75) is 58.3 Å². The number of esters is 2. The van der Waals surface area contributed by atoms with Gasteiger partial charge in [0, 0.05) is 0 Å². The summed E-state index contributed by atoms with van der Waals surface area (Å²) in [6.45, 7) is 3.45. The molecule has 0 saturated heterocycles. The van der Waals surface area contributed by atoms with Gasteiger partial charge in [0.25, 0.3) is 0 Å². The fourth-order valence-corrected chi connectivity index (χ4v) is 4.00. The van der Waals surface area contributed by atoms with E-state index in [1.807, 2.05) is 36.4 Å². The van der Waals surface area contributed by atoms with E-state index in [0.717, 1.165) is 42.7 Å². The van der Waals surface area contributed by atoms with Gasteiger partial charge in [0.1, 0.15) is 11.5 Å². The van der Waals surface area contributed by atoms with Crippen molar-refractivity contribution in [1.29, 1.82) is 0 Å². The first-order valence-corrected chi connectivity index (χ1v) is 13.4. The largest absolute Gasteiger partial charge is 0.494 e. The first-order chi connectivity index (χ1) is 18.1. The molecule has 0 spiro atoms. The van der Waals surface area contributed by atoms with Gasteiger partial charge >= 0.3 is 11.9 Å². The maximum Gasteiger partial charge on any atom is 0.343 e. The van der Waals surface area contributed by atoms with E-state index < -0.39 is 5.97 Å². The lowest BCUT2D eigenvalue weighted by Gasteiger charge is -2.09.